The first kappa shape index (κ1) is 13.5. The van der Waals surface area contributed by atoms with Crippen molar-refractivity contribution in [3.05, 3.63) is 11.5 Å². The highest BCUT2D eigenvalue weighted by Crippen LogP contribution is 2.16. The Morgan fingerprint density at radius 3 is 2.27 bits per heavy atom. The minimum Gasteiger partial charge on any atom is -0.475 e. The fraction of sp³-hybridized carbons (Fsp3) is 0.400. The van der Waals surface area contributed by atoms with Gasteiger partial charge in [-0.1, -0.05) is 0 Å². The van der Waals surface area contributed by atoms with Crippen LogP contribution >= 0.6 is 0 Å². The van der Waals surface area contributed by atoms with Crippen LogP contribution in [0.1, 0.15) is 0 Å². The van der Waals surface area contributed by atoms with Crippen molar-refractivity contribution in [3.8, 4) is 0 Å². The molecule has 0 heterocycles. The van der Waals surface area contributed by atoms with Crippen molar-refractivity contribution in [2.24, 2.45) is 5.90 Å². The van der Waals surface area contributed by atoms with Crippen molar-refractivity contribution in [1.29, 1.82) is 0 Å². The van der Waals surface area contributed by atoms with Crippen LogP contribution in [-0.2, 0) is 24.5 Å². The molecule has 0 aromatic heterocycles. The van der Waals surface area contributed by atoms with Crippen LogP contribution in [0.5, 0.6) is 0 Å². The molecule has 1 unspecified atom stereocenters. The Morgan fingerprint density at radius 1 is 1.40 bits per heavy atom. The van der Waals surface area contributed by atoms with Gasteiger partial charge in [0.1, 0.15) is 6.61 Å². The third-order valence-corrected chi connectivity index (χ3v) is 1.23. The minimum absolute atomic E-state index is 1.16. The SMILES string of the molecule is NO/C(C(=O)O)=C(/OF)C(COF)OF. The van der Waals surface area contributed by atoms with Gasteiger partial charge in [-0.25, -0.2) is 4.79 Å². The van der Waals surface area contributed by atoms with E-state index >= 15 is 0 Å². The van der Waals surface area contributed by atoms with Crippen LogP contribution in [-0.4, -0.2) is 23.8 Å². The molecule has 0 aliphatic heterocycles. The lowest BCUT2D eigenvalue weighted by molar-refractivity contribution is -0.247. The van der Waals surface area contributed by atoms with Crippen LogP contribution in [0, 0.1) is 0 Å². The normalized spacial score (nSPS) is 14.1. The summed E-state index contributed by atoms with van der Waals surface area (Å²) in [7, 11) is 0. The average molecular weight is 233 g/mol. The molecule has 15 heavy (non-hydrogen) atoms. The molecular weight excluding hydrogens is 227 g/mol. The van der Waals surface area contributed by atoms with Gasteiger partial charge in [-0.05, 0) is 9.05 Å². The first-order chi connectivity index (χ1) is 7.12. The maximum Gasteiger partial charge on any atom is 0.377 e. The van der Waals surface area contributed by atoms with Crippen molar-refractivity contribution in [3.63, 3.8) is 0 Å². The Bertz CT molecular complexity index is 247. The Morgan fingerprint density at radius 2 is 2.00 bits per heavy atom. The smallest absolute Gasteiger partial charge is 0.377 e. The predicted molar refractivity (Wildman–Crippen MR) is 35.2 cm³/mol. The molecule has 0 saturated heterocycles. The number of carbonyl (C=O) groups is 1. The fourth-order valence-corrected chi connectivity index (χ4v) is 0.644. The topological polar surface area (TPSA) is 100 Å². The quantitative estimate of drug-likeness (QED) is 0.369. The second-order valence-electron chi connectivity index (χ2n) is 2.05. The summed E-state index contributed by atoms with van der Waals surface area (Å²) in [5, 5.41) is 8.37. The van der Waals surface area contributed by atoms with Crippen LogP contribution < -0.4 is 5.90 Å². The third kappa shape index (κ3) is 3.61. The molecule has 0 amide bonds. The number of rotatable bonds is 7. The van der Waals surface area contributed by atoms with Gasteiger partial charge < -0.3 is 9.94 Å². The van der Waals surface area contributed by atoms with E-state index in [1.807, 2.05) is 0 Å². The zero-order valence-electron chi connectivity index (χ0n) is 6.98. The number of hydrogen-bond donors (Lipinski definition) is 2. The summed E-state index contributed by atoms with van der Waals surface area (Å²) < 4.78 is 34.9. The van der Waals surface area contributed by atoms with E-state index in [4.69, 9.17) is 5.11 Å². The van der Waals surface area contributed by atoms with Gasteiger partial charge in [0.15, 0.2) is 6.10 Å². The zero-order chi connectivity index (χ0) is 11.8. The number of carboxylic acids is 1. The standard InChI is InChI=1S/C5H6F3NO6/c6-12-1-2(13-7)3(14-8)4(15-9)5(10)11/h2H,1,9H2,(H,10,11)/b4-3+. The maximum absolute atomic E-state index is 11.8. The van der Waals surface area contributed by atoms with Crippen molar-refractivity contribution in [1.82, 2.24) is 0 Å². The highest BCUT2D eigenvalue weighted by molar-refractivity contribution is 5.84. The minimum atomic E-state index is -2.10. The van der Waals surface area contributed by atoms with Gasteiger partial charge >= 0.3 is 5.97 Å². The summed E-state index contributed by atoms with van der Waals surface area (Å²) in [5.41, 5.74) is 0. The fourth-order valence-electron chi connectivity index (χ4n) is 0.644. The molecule has 0 aliphatic rings. The predicted octanol–water partition coefficient (Wildman–Crippen LogP) is 0.245. The summed E-state index contributed by atoms with van der Waals surface area (Å²) in [6.07, 6.45) is -2.10. The van der Waals surface area contributed by atoms with Gasteiger partial charge in [0.05, 0.1) is 0 Å². The molecule has 1 atom stereocenters. The molecular formula is C5H6F3NO6. The lowest BCUT2D eigenvalue weighted by Gasteiger charge is -2.11. The Hall–Kier alpha value is -1.52. The highest BCUT2D eigenvalue weighted by Gasteiger charge is 2.30. The van der Waals surface area contributed by atoms with Gasteiger partial charge in [0.2, 0.25) is 5.76 Å². The monoisotopic (exact) mass is 233 g/mol. The summed E-state index contributed by atoms with van der Waals surface area (Å²) in [6, 6.07) is 0. The molecule has 0 aromatic rings. The molecule has 0 rings (SSSR count). The number of nitrogens with two attached hydrogens (primary N) is 1. The molecule has 7 nitrogen and oxygen atoms in total. The molecule has 88 valence electrons. The van der Waals surface area contributed by atoms with Crippen molar-refractivity contribution >= 4 is 5.97 Å². The number of aliphatic carboxylic acids is 1. The van der Waals surface area contributed by atoms with E-state index < -0.39 is 30.2 Å². The number of halogens is 3. The van der Waals surface area contributed by atoms with Crippen molar-refractivity contribution < 1.29 is 43.1 Å². The lowest BCUT2D eigenvalue weighted by Crippen LogP contribution is -2.24. The van der Waals surface area contributed by atoms with E-state index in [9.17, 15) is 18.4 Å². The van der Waals surface area contributed by atoms with Crippen LogP contribution in [0.4, 0.5) is 13.6 Å². The van der Waals surface area contributed by atoms with E-state index in [-0.39, 0.29) is 0 Å². The average Bonchev–Trinajstić information content (AvgIpc) is 2.22. The van der Waals surface area contributed by atoms with Gasteiger partial charge in [0, 0.05) is 4.53 Å². The van der Waals surface area contributed by atoms with Gasteiger partial charge in [-0.2, -0.15) is 15.8 Å². The van der Waals surface area contributed by atoms with Crippen molar-refractivity contribution in [2.45, 2.75) is 6.10 Å². The van der Waals surface area contributed by atoms with Crippen molar-refractivity contribution in [2.75, 3.05) is 6.61 Å². The first-order valence-corrected chi connectivity index (χ1v) is 3.26. The third-order valence-electron chi connectivity index (χ3n) is 1.23. The van der Waals surface area contributed by atoms with Gasteiger partial charge in [-0.15, -0.1) is 0 Å². The molecule has 3 N–H and O–H groups in total. The second kappa shape index (κ2) is 6.86. The molecule has 0 bridgehead atoms. The van der Waals surface area contributed by atoms with Gasteiger partial charge in [-0.3, -0.25) is 4.94 Å². The van der Waals surface area contributed by atoms with Crippen LogP contribution in [0.15, 0.2) is 11.5 Å². The van der Waals surface area contributed by atoms with E-state index in [2.05, 4.69) is 25.6 Å². The number of carboxylic acid groups (broad SMARTS) is 1. The molecule has 10 heteroatoms. The highest BCUT2D eigenvalue weighted by atomic mass is 19.3. The van der Waals surface area contributed by atoms with Crippen LogP contribution in [0.25, 0.3) is 0 Å². The second-order valence-corrected chi connectivity index (χ2v) is 2.05. The Kier molecular flexibility index (Phi) is 6.17. The van der Waals surface area contributed by atoms with E-state index in [0.29, 0.717) is 0 Å². The first-order valence-electron chi connectivity index (χ1n) is 3.26. The Balaban J connectivity index is 5.03. The molecule has 0 spiro atoms. The molecule has 0 aromatic carbocycles. The van der Waals surface area contributed by atoms with E-state index in [1.165, 1.54) is 0 Å². The van der Waals surface area contributed by atoms with Crippen LogP contribution in [0.2, 0.25) is 0 Å². The Labute approximate surface area is 80.4 Å². The van der Waals surface area contributed by atoms with Gasteiger partial charge in [0.25, 0.3) is 5.76 Å². The largest absolute Gasteiger partial charge is 0.475 e. The molecule has 0 fully saturated rings. The zero-order valence-corrected chi connectivity index (χ0v) is 6.98. The maximum atomic E-state index is 11.8. The summed E-state index contributed by atoms with van der Waals surface area (Å²) in [4.78, 5) is 22.9. The number of hydrogen-bond acceptors (Lipinski definition) is 6. The summed E-state index contributed by atoms with van der Waals surface area (Å²) in [6.45, 7) is -1.16. The summed E-state index contributed by atoms with van der Waals surface area (Å²) >= 11 is 0. The van der Waals surface area contributed by atoms with Crippen LogP contribution in [0.3, 0.4) is 0 Å². The lowest BCUT2D eigenvalue weighted by atomic mass is 10.2. The van der Waals surface area contributed by atoms with E-state index in [0.717, 1.165) is 0 Å². The molecule has 0 radical (unpaired) electrons. The summed E-state index contributed by atoms with van der Waals surface area (Å²) in [5.74, 6) is -0.0374. The molecule has 0 saturated carbocycles. The van der Waals surface area contributed by atoms with E-state index in [1.54, 1.807) is 0 Å². The molecule has 0 aliphatic carbocycles.